The number of hydrogen-bond acceptors (Lipinski definition) is 4. The Balaban J connectivity index is 2.35. The Kier molecular flexibility index (Phi) is 4.58. The van der Waals surface area contributed by atoms with Crippen LogP contribution in [0.3, 0.4) is 0 Å². The molecule has 80 valence electrons. The van der Waals surface area contributed by atoms with Crippen molar-refractivity contribution in [2.45, 2.75) is 6.42 Å². The van der Waals surface area contributed by atoms with Gasteiger partial charge in [0, 0.05) is 13.1 Å². The van der Waals surface area contributed by atoms with E-state index in [-0.39, 0.29) is 5.91 Å². The molecule has 1 aliphatic rings. The zero-order chi connectivity index (χ0) is 10.4. The third-order valence-electron chi connectivity index (χ3n) is 2.04. The highest BCUT2D eigenvalue weighted by Crippen LogP contribution is 2.10. The lowest BCUT2D eigenvalue weighted by Gasteiger charge is -2.26. The molecular formula is C9H17N3O2. The van der Waals surface area contributed by atoms with Gasteiger partial charge in [0.2, 0.25) is 0 Å². The third kappa shape index (κ3) is 2.80. The molecule has 1 saturated heterocycles. The van der Waals surface area contributed by atoms with E-state index in [1.165, 1.54) is 6.08 Å². The molecule has 5 nitrogen and oxygen atoms in total. The average Bonchev–Trinajstić information content (AvgIpc) is 2.65. The van der Waals surface area contributed by atoms with Gasteiger partial charge in [0.15, 0.2) is 0 Å². The molecule has 1 amide bonds. The van der Waals surface area contributed by atoms with Crippen LogP contribution in [0.2, 0.25) is 0 Å². The molecule has 0 saturated carbocycles. The van der Waals surface area contributed by atoms with Crippen LogP contribution < -0.4 is 5.32 Å². The van der Waals surface area contributed by atoms with Gasteiger partial charge in [-0.2, -0.15) is 5.01 Å². The molecule has 0 unspecified atom stereocenters. The summed E-state index contributed by atoms with van der Waals surface area (Å²) < 4.78 is 5.28. The van der Waals surface area contributed by atoms with Crippen molar-refractivity contribution in [1.82, 2.24) is 15.3 Å². The fourth-order valence-electron chi connectivity index (χ4n) is 1.41. The number of hydrogen-bond donors (Lipinski definition) is 1. The van der Waals surface area contributed by atoms with E-state index >= 15 is 0 Å². The molecule has 1 heterocycles. The lowest BCUT2D eigenvalue weighted by molar-refractivity contribution is -0.147. The van der Waals surface area contributed by atoms with Crippen LogP contribution in [-0.4, -0.2) is 49.5 Å². The molecule has 5 heteroatoms. The number of carbonyl (C=O) groups excluding carboxylic acids is 1. The van der Waals surface area contributed by atoms with Gasteiger partial charge < -0.3 is 4.74 Å². The maximum Gasteiger partial charge on any atom is 0.260 e. The van der Waals surface area contributed by atoms with Gasteiger partial charge in [0.25, 0.3) is 5.91 Å². The molecule has 0 spiro atoms. The Bertz CT molecular complexity index is 208. The highest BCUT2D eigenvalue weighted by Gasteiger charge is 2.24. The normalized spacial score (nSPS) is 17.4. The Morgan fingerprint density at radius 3 is 3.07 bits per heavy atom. The van der Waals surface area contributed by atoms with E-state index in [0.717, 1.165) is 19.5 Å². The van der Waals surface area contributed by atoms with Crippen LogP contribution >= 0.6 is 0 Å². The number of amides is 1. The van der Waals surface area contributed by atoms with Crippen LogP contribution in [0, 0.1) is 0 Å². The summed E-state index contributed by atoms with van der Waals surface area (Å²) >= 11 is 0. The molecule has 0 aromatic heterocycles. The summed E-state index contributed by atoms with van der Waals surface area (Å²) in [6.45, 7) is 6.02. The van der Waals surface area contributed by atoms with Gasteiger partial charge in [-0.15, -0.1) is 0 Å². The van der Waals surface area contributed by atoms with E-state index in [4.69, 9.17) is 4.74 Å². The smallest absolute Gasteiger partial charge is 0.260 e. The first-order valence-corrected chi connectivity index (χ1v) is 4.70. The topological polar surface area (TPSA) is 44.8 Å². The van der Waals surface area contributed by atoms with E-state index in [9.17, 15) is 4.79 Å². The van der Waals surface area contributed by atoms with Gasteiger partial charge in [-0.1, -0.05) is 6.58 Å². The summed E-state index contributed by atoms with van der Waals surface area (Å²) in [5.74, 6) is -0.0597. The van der Waals surface area contributed by atoms with Crippen LogP contribution in [0.1, 0.15) is 6.42 Å². The second-order valence-electron chi connectivity index (χ2n) is 3.08. The average molecular weight is 199 g/mol. The van der Waals surface area contributed by atoms with E-state index in [2.05, 4.69) is 11.9 Å². The van der Waals surface area contributed by atoms with E-state index in [0.29, 0.717) is 13.5 Å². The molecule has 1 rings (SSSR count). The molecule has 1 aliphatic heterocycles. The standard InChI is InChI=1S/C9H17N3O2/c1-3-9(13)12-6-4-5-11(12)8-14-7-10-2/h3,10H,1,4-8H2,2H3. The van der Waals surface area contributed by atoms with Crippen molar-refractivity contribution in [2.24, 2.45) is 0 Å². The quantitative estimate of drug-likeness (QED) is 0.377. The van der Waals surface area contributed by atoms with Crippen LogP contribution in [0.15, 0.2) is 12.7 Å². The number of nitrogens with zero attached hydrogens (tertiary/aromatic N) is 2. The highest BCUT2D eigenvalue weighted by molar-refractivity contribution is 5.86. The van der Waals surface area contributed by atoms with E-state index < -0.39 is 0 Å². The van der Waals surface area contributed by atoms with Crippen LogP contribution in [0.25, 0.3) is 0 Å². The zero-order valence-electron chi connectivity index (χ0n) is 8.53. The summed E-state index contributed by atoms with van der Waals surface area (Å²) in [6, 6.07) is 0. The van der Waals surface area contributed by atoms with Crippen LogP contribution in [0.4, 0.5) is 0 Å². The van der Waals surface area contributed by atoms with Gasteiger partial charge in [-0.25, -0.2) is 0 Å². The van der Waals surface area contributed by atoms with Gasteiger partial charge in [0.1, 0.15) is 6.73 Å². The van der Waals surface area contributed by atoms with Gasteiger partial charge in [-0.3, -0.25) is 15.1 Å². The first-order chi connectivity index (χ1) is 6.79. The predicted molar refractivity (Wildman–Crippen MR) is 53.1 cm³/mol. The van der Waals surface area contributed by atoms with E-state index in [1.807, 2.05) is 12.1 Å². The first kappa shape index (κ1) is 11.2. The lowest BCUT2D eigenvalue weighted by atomic mass is 10.4. The largest absolute Gasteiger partial charge is 0.349 e. The minimum Gasteiger partial charge on any atom is -0.349 e. The Morgan fingerprint density at radius 1 is 1.64 bits per heavy atom. The fourth-order valence-corrected chi connectivity index (χ4v) is 1.41. The molecule has 0 radical (unpaired) electrons. The molecule has 0 bridgehead atoms. The number of rotatable bonds is 5. The number of ether oxygens (including phenoxy) is 1. The number of nitrogens with one attached hydrogen (secondary N) is 1. The Morgan fingerprint density at radius 2 is 2.43 bits per heavy atom. The minimum absolute atomic E-state index is 0.0597. The molecule has 0 aromatic rings. The van der Waals surface area contributed by atoms with E-state index in [1.54, 1.807) is 5.01 Å². The fraction of sp³-hybridized carbons (Fsp3) is 0.667. The van der Waals surface area contributed by atoms with Crippen molar-refractivity contribution in [3.05, 3.63) is 12.7 Å². The third-order valence-corrected chi connectivity index (χ3v) is 2.04. The molecule has 0 atom stereocenters. The Labute approximate surface area is 84.3 Å². The summed E-state index contributed by atoms with van der Waals surface area (Å²) in [6.07, 6.45) is 2.32. The predicted octanol–water partition coefficient (Wildman–Crippen LogP) is -0.227. The van der Waals surface area contributed by atoms with Crippen molar-refractivity contribution < 1.29 is 9.53 Å². The molecule has 1 fully saturated rings. The highest BCUT2D eigenvalue weighted by atomic mass is 16.5. The maximum absolute atomic E-state index is 11.4. The van der Waals surface area contributed by atoms with Crippen molar-refractivity contribution in [2.75, 3.05) is 33.6 Å². The van der Waals surface area contributed by atoms with Crippen molar-refractivity contribution in [1.29, 1.82) is 0 Å². The summed E-state index contributed by atoms with van der Waals surface area (Å²) in [5, 5.41) is 6.44. The van der Waals surface area contributed by atoms with Gasteiger partial charge in [-0.05, 0) is 19.5 Å². The number of carbonyl (C=O) groups is 1. The molecule has 1 N–H and O–H groups in total. The monoisotopic (exact) mass is 199 g/mol. The van der Waals surface area contributed by atoms with Crippen LogP contribution in [-0.2, 0) is 9.53 Å². The molecule has 14 heavy (non-hydrogen) atoms. The maximum atomic E-state index is 11.4. The zero-order valence-corrected chi connectivity index (χ0v) is 8.53. The molecule has 0 aliphatic carbocycles. The van der Waals surface area contributed by atoms with Crippen molar-refractivity contribution >= 4 is 5.91 Å². The molecule has 0 aromatic carbocycles. The second-order valence-corrected chi connectivity index (χ2v) is 3.08. The van der Waals surface area contributed by atoms with Gasteiger partial charge in [0.05, 0.1) is 6.73 Å². The molecular weight excluding hydrogens is 182 g/mol. The summed E-state index contributed by atoms with van der Waals surface area (Å²) in [7, 11) is 1.82. The lowest BCUT2D eigenvalue weighted by Crippen LogP contribution is -2.42. The van der Waals surface area contributed by atoms with Crippen molar-refractivity contribution in [3.8, 4) is 0 Å². The second kappa shape index (κ2) is 5.74. The number of hydrazine groups is 1. The van der Waals surface area contributed by atoms with Crippen molar-refractivity contribution in [3.63, 3.8) is 0 Å². The first-order valence-electron chi connectivity index (χ1n) is 4.70. The summed E-state index contributed by atoms with van der Waals surface area (Å²) in [5.41, 5.74) is 0. The Hall–Kier alpha value is -0.910. The van der Waals surface area contributed by atoms with Crippen LogP contribution in [0.5, 0.6) is 0 Å². The minimum atomic E-state index is -0.0597. The van der Waals surface area contributed by atoms with Gasteiger partial charge >= 0.3 is 0 Å². The summed E-state index contributed by atoms with van der Waals surface area (Å²) in [4.78, 5) is 11.4. The SMILES string of the molecule is C=CC(=O)N1CCCN1COCNC.